The molecular formula is C14H17N3OS. The summed E-state index contributed by atoms with van der Waals surface area (Å²) in [5, 5.41) is 6.74. The number of H-pyrrole nitrogens is 1. The summed E-state index contributed by atoms with van der Waals surface area (Å²) in [4.78, 5) is 0. The Morgan fingerprint density at radius 2 is 2.00 bits per heavy atom. The number of anilines is 1. The standard InChI is InChI=1S/C14H17N3OS/c15-14-12(9-16-17-14)11-3-1-2-4-13(11)18-10-5-7-19-8-6-10/h1-4,9-10H,5-8H2,(H3,15,16,17). The molecule has 1 aromatic carbocycles. The number of nitrogens with two attached hydrogens (primary N) is 1. The van der Waals surface area contributed by atoms with Crippen LogP contribution in [-0.2, 0) is 0 Å². The van der Waals surface area contributed by atoms with Crippen LogP contribution in [0.1, 0.15) is 12.8 Å². The molecule has 19 heavy (non-hydrogen) atoms. The van der Waals surface area contributed by atoms with E-state index in [2.05, 4.69) is 10.2 Å². The number of aromatic amines is 1. The Morgan fingerprint density at radius 3 is 2.74 bits per heavy atom. The van der Waals surface area contributed by atoms with Crippen molar-refractivity contribution in [3.63, 3.8) is 0 Å². The Hall–Kier alpha value is -1.62. The van der Waals surface area contributed by atoms with E-state index < -0.39 is 0 Å². The van der Waals surface area contributed by atoms with Crippen LogP contribution in [0.15, 0.2) is 30.5 Å². The quantitative estimate of drug-likeness (QED) is 0.904. The fourth-order valence-electron chi connectivity index (χ4n) is 2.28. The first-order valence-corrected chi connectivity index (χ1v) is 7.62. The summed E-state index contributed by atoms with van der Waals surface area (Å²) in [6.45, 7) is 0. The zero-order valence-electron chi connectivity index (χ0n) is 10.6. The molecule has 1 aliphatic rings. The number of benzene rings is 1. The Bertz CT molecular complexity index is 549. The van der Waals surface area contributed by atoms with Crippen LogP contribution in [0.25, 0.3) is 11.1 Å². The summed E-state index contributed by atoms with van der Waals surface area (Å²) in [5.41, 5.74) is 7.81. The third-order valence-electron chi connectivity index (χ3n) is 3.31. The van der Waals surface area contributed by atoms with Crippen LogP contribution in [0.2, 0.25) is 0 Å². The highest BCUT2D eigenvalue weighted by atomic mass is 32.2. The summed E-state index contributed by atoms with van der Waals surface area (Å²) >= 11 is 2.00. The fraction of sp³-hybridized carbons (Fsp3) is 0.357. The molecular weight excluding hydrogens is 258 g/mol. The number of nitrogens with one attached hydrogen (secondary N) is 1. The van der Waals surface area contributed by atoms with Gasteiger partial charge in [0.05, 0.1) is 6.20 Å². The smallest absolute Gasteiger partial charge is 0.127 e. The van der Waals surface area contributed by atoms with Crippen molar-refractivity contribution in [3.8, 4) is 16.9 Å². The van der Waals surface area contributed by atoms with Gasteiger partial charge in [0.15, 0.2) is 0 Å². The number of nitrogens with zero attached hydrogens (tertiary/aromatic N) is 1. The van der Waals surface area contributed by atoms with E-state index in [0.29, 0.717) is 11.9 Å². The molecule has 1 fully saturated rings. The lowest BCUT2D eigenvalue weighted by Gasteiger charge is -2.24. The molecule has 1 aliphatic heterocycles. The van der Waals surface area contributed by atoms with Crippen molar-refractivity contribution in [1.29, 1.82) is 0 Å². The molecule has 3 N–H and O–H groups in total. The number of ether oxygens (including phenoxy) is 1. The molecule has 2 heterocycles. The van der Waals surface area contributed by atoms with Gasteiger partial charge >= 0.3 is 0 Å². The number of nitrogen functional groups attached to an aromatic ring is 1. The molecule has 100 valence electrons. The van der Waals surface area contributed by atoms with E-state index in [4.69, 9.17) is 10.5 Å². The van der Waals surface area contributed by atoms with Crippen LogP contribution in [0, 0.1) is 0 Å². The molecule has 0 spiro atoms. The van der Waals surface area contributed by atoms with Crippen molar-refractivity contribution in [3.05, 3.63) is 30.5 Å². The molecule has 0 unspecified atom stereocenters. The largest absolute Gasteiger partial charge is 0.490 e. The van der Waals surface area contributed by atoms with Gasteiger partial charge in [0.2, 0.25) is 0 Å². The molecule has 1 aromatic heterocycles. The van der Waals surface area contributed by atoms with Crippen molar-refractivity contribution >= 4 is 17.6 Å². The predicted octanol–water partition coefficient (Wildman–Crippen LogP) is 2.93. The van der Waals surface area contributed by atoms with Crippen LogP contribution in [0.5, 0.6) is 5.75 Å². The normalized spacial score (nSPS) is 16.4. The van der Waals surface area contributed by atoms with Gasteiger partial charge in [-0.05, 0) is 30.4 Å². The third-order valence-corrected chi connectivity index (χ3v) is 4.36. The molecule has 0 saturated carbocycles. The van der Waals surface area contributed by atoms with Gasteiger partial charge in [0, 0.05) is 11.1 Å². The lowest BCUT2D eigenvalue weighted by atomic mass is 10.1. The van der Waals surface area contributed by atoms with Crippen molar-refractivity contribution < 1.29 is 4.74 Å². The van der Waals surface area contributed by atoms with Crippen LogP contribution >= 0.6 is 11.8 Å². The summed E-state index contributed by atoms with van der Waals surface area (Å²) in [6.07, 6.45) is 4.28. The Labute approximate surface area is 116 Å². The minimum absolute atomic E-state index is 0.315. The van der Waals surface area contributed by atoms with Crippen molar-refractivity contribution in [2.45, 2.75) is 18.9 Å². The van der Waals surface area contributed by atoms with Gasteiger partial charge < -0.3 is 10.5 Å². The first-order chi connectivity index (χ1) is 9.34. The maximum atomic E-state index is 6.15. The average molecular weight is 275 g/mol. The average Bonchev–Trinajstić information content (AvgIpc) is 2.87. The van der Waals surface area contributed by atoms with Crippen LogP contribution in [-0.4, -0.2) is 27.8 Å². The van der Waals surface area contributed by atoms with Gasteiger partial charge in [-0.25, -0.2) is 0 Å². The van der Waals surface area contributed by atoms with Gasteiger partial charge in [0.1, 0.15) is 17.7 Å². The third kappa shape index (κ3) is 2.71. The van der Waals surface area contributed by atoms with Crippen LogP contribution in [0.4, 0.5) is 5.82 Å². The monoisotopic (exact) mass is 275 g/mol. The van der Waals surface area contributed by atoms with Crippen LogP contribution in [0.3, 0.4) is 0 Å². The molecule has 5 heteroatoms. The molecule has 3 rings (SSSR count). The Balaban J connectivity index is 1.87. The summed E-state index contributed by atoms with van der Waals surface area (Å²) in [7, 11) is 0. The van der Waals surface area contributed by atoms with E-state index in [1.54, 1.807) is 6.20 Å². The number of rotatable bonds is 3. The highest BCUT2D eigenvalue weighted by Gasteiger charge is 2.18. The molecule has 0 radical (unpaired) electrons. The van der Waals surface area contributed by atoms with E-state index in [1.807, 2.05) is 36.0 Å². The maximum Gasteiger partial charge on any atom is 0.127 e. The van der Waals surface area contributed by atoms with Gasteiger partial charge in [-0.15, -0.1) is 0 Å². The Kier molecular flexibility index (Phi) is 3.64. The number of hydrogen-bond acceptors (Lipinski definition) is 4. The van der Waals surface area contributed by atoms with E-state index in [9.17, 15) is 0 Å². The zero-order chi connectivity index (χ0) is 13.1. The van der Waals surface area contributed by atoms with Crippen LogP contribution < -0.4 is 10.5 Å². The molecule has 0 amide bonds. The molecule has 2 aromatic rings. The fourth-order valence-corrected chi connectivity index (χ4v) is 3.34. The van der Waals surface area contributed by atoms with E-state index in [-0.39, 0.29) is 0 Å². The molecule has 0 aliphatic carbocycles. The highest BCUT2D eigenvalue weighted by molar-refractivity contribution is 7.99. The van der Waals surface area contributed by atoms with E-state index >= 15 is 0 Å². The number of hydrogen-bond donors (Lipinski definition) is 2. The minimum Gasteiger partial charge on any atom is -0.490 e. The topological polar surface area (TPSA) is 63.9 Å². The zero-order valence-corrected chi connectivity index (χ0v) is 11.5. The second kappa shape index (κ2) is 5.57. The predicted molar refractivity (Wildman–Crippen MR) is 79.4 cm³/mol. The molecule has 0 atom stereocenters. The second-order valence-electron chi connectivity index (χ2n) is 4.62. The van der Waals surface area contributed by atoms with E-state index in [1.165, 1.54) is 11.5 Å². The van der Waals surface area contributed by atoms with Crippen molar-refractivity contribution in [1.82, 2.24) is 10.2 Å². The van der Waals surface area contributed by atoms with Crippen molar-refractivity contribution in [2.75, 3.05) is 17.2 Å². The Morgan fingerprint density at radius 1 is 1.21 bits per heavy atom. The summed E-state index contributed by atoms with van der Waals surface area (Å²) < 4.78 is 6.15. The van der Waals surface area contributed by atoms with E-state index in [0.717, 1.165) is 29.7 Å². The maximum absolute atomic E-state index is 6.15. The van der Waals surface area contributed by atoms with Gasteiger partial charge in [0.25, 0.3) is 0 Å². The molecule has 0 bridgehead atoms. The van der Waals surface area contributed by atoms with Gasteiger partial charge in [-0.3, -0.25) is 5.10 Å². The first kappa shape index (κ1) is 12.4. The molecule has 1 saturated heterocycles. The number of para-hydroxylation sites is 1. The minimum atomic E-state index is 0.315. The molecule has 4 nitrogen and oxygen atoms in total. The summed E-state index contributed by atoms with van der Waals surface area (Å²) in [5.74, 6) is 3.84. The van der Waals surface area contributed by atoms with Gasteiger partial charge in [-0.1, -0.05) is 18.2 Å². The van der Waals surface area contributed by atoms with Crippen molar-refractivity contribution in [2.24, 2.45) is 0 Å². The lowest BCUT2D eigenvalue weighted by molar-refractivity contribution is 0.193. The SMILES string of the molecule is Nc1[nH]ncc1-c1ccccc1OC1CCSCC1. The lowest BCUT2D eigenvalue weighted by Crippen LogP contribution is -2.22. The number of thioether (sulfide) groups is 1. The second-order valence-corrected chi connectivity index (χ2v) is 5.85. The highest BCUT2D eigenvalue weighted by Crippen LogP contribution is 2.34. The number of aromatic nitrogens is 2. The van der Waals surface area contributed by atoms with Gasteiger partial charge in [-0.2, -0.15) is 16.9 Å². The summed E-state index contributed by atoms with van der Waals surface area (Å²) in [6, 6.07) is 8.01. The first-order valence-electron chi connectivity index (χ1n) is 6.47.